The maximum Gasteiger partial charge on any atom is 0.329 e. The number of carbonyl (C=O) groups excluding carboxylic acids is 1. The van der Waals surface area contributed by atoms with Crippen LogP contribution in [0.3, 0.4) is 0 Å². The number of hydrogen-bond acceptors (Lipinski definition) is 5. The Labute approximate surface area is 67.6 Å². The molecule has 0 saturated heterocycles. The highest BCUT2D eigenvalue weighted by Gasteiger charge is 2.03. The molecule has 0 aliphatic heterocycles. The molecule has 6 heteroatoms. The smallest absolute Gasteiger partial charge is 0.329 e. The van der Waals surface area contributed by atoms with Crippen molar-refractivity contribution in [3.8, 4) is 6.01 Å². The van der Waals surface area contributed by atoms with Crippen LogP contribution < -0.4 is 10.1 Å². The van der Waals surface area contributed by atoms with Gasteiger partial charge in [-0.3, -0.25) is 4.79 Å². The zero-order valence-corrected chi connectivity index (χ0v) is 6.94. The van der Waals surface area contributed by atoms with Gasteiger partial charge in [0.2, 0.25) is 11.0 Å². The lowest BCUT2D eigenvalue weighted by Gasteiger charge is -1.90. The van der Waals surface area contributed by atoms with Gasteiger partial charge in [-0.2, -0.15) is 4.98 Å². The molecule has 1 N–H and O–H groups in total. The van der Waals surface area contributed by atoms with E-state index in [4.69, 9.17) is 4.74 Å². The summed E-state index contributed by atoms with van der Waals surface area (Å²) in [5, 5.41) is 2.94. The maximum absolute atomic E-state index is 10.5. The number of hydrogen-bond donors (Lipinski definition) is 1. The molecule has 0 bridgehead atoms. The fourth-order valence-corrected chi connectivity index (χ4v) is 1.08. The first-order valence-electron chi connectivity index (χ1n) is 2.87. The van der Waals surface area contributed by atoms with E-state index in [1.54, 1.807) is 0 Å². The molecule has 60 valence electrons. The average molecular weight is 173 g/mol. The molecule has 1 rings (SSSR count). The van der Waals surface area contributed by atoms with Gasteiger partial charge >= 0.3 is 6.01 Å². The van der Waals surface area contributed by atoms with Gasteiger partial charge in [0.25, 0.3) is 0 Å². The number of methoxy groups -OCH3 is 1. The zero-order chi connectivity index (χ0) is 8.27. The third-order valence-electron chi connectivity index (χ3n) is 0.873. The van der Waals surface area contributed by atoms with Crippen molar-refractivity contribution in [2.75, 3.05) is 12.4 Å². The molecule has 1 aromatic heterocycles. The summed E-state index contributed by atoms with van der Waals surface area (Å²) in [5.74, 6) is -0.163. The molecule has 0 saturated carbocycles. The molecule has 0 unspecified atom stereocenters. The monoisotopic (exact) mass is 173 g/mol. The third kappa shape index (κ3) is 2.15. The Morgan fingerprint density at radius 3 is 2.91 bits per heavy atom. The lowest BCUT2D eigenvalue weighted by atomic mass is 10.7. The summed E-state index contributed by atoms with van der Waals surface area (Å²) < 4.78 is 8.49. The van der Waals surface area contributed by atoms with Crippen LogP contribution in [0.4, 0.5) is 5.13 Å². The van der Waals surface area contributed by atoms with E-state index in [2.05, 4.69) is 14.7 Å². The van der Waals surface area contributed by atoms with E-state index in [0.717, 1.165) is 11.5 Å². The van der Waals surface area contributed by atoms with Gasteiger partial charge in [0.15, 0.2) is 0 Å². The van der Waals surface area contributed by atoms with Crippen molar-refractivity contribution in [2.24, 2.45) is 0 Å². The number of ether oxygens (including phenoxy) is 1. The summed E-state index contributed by atoms with van der Waals surface area (Å²) in [6, 6.07) is 0.277. The van der Waals surface area contributed by atoms with Crippen LogP contribution in [0.15, 0.2) is 0 Å². The predicted octanol–water partition coefficient (Wildman–Crippen LogP) is 0.505. The first kappa shape index (κ1) is 7.93. The highest BCUT2D eigenvalue weighted by atomic mass is 32.1. The Bertz CT molecular complexity index is 260. The van der Waals surface area contributed by atoms with Crippen molar-refractivity contribution < 1.29 is 9.53 Å². The Kier molecular flexibility index (Phi) is 2.37. The minimum atomic E-state index is -0.163. The molecular formula is C5H7N3O2S. The summed E-state index contributed by atoms with van der Waals surface area (Å²) in [6.07, 6.45) is 0. The number of nitrogens with one attached hydrogen (secondary N) is 1. The molecule has 0 aliphatic carbocycles. The number of aromatic nitrogens is 2. The molecule has 1 aromatic rings. The van der Waals surface area contributed by atoms with Crippen molar-refractivity contribution in [1.82, 2.24) is 9.36 Å². The quantitative estimate of drug-likeness (QED) is 0.707. The van der Waals surface area contributed by atoms with Crippen LogP contribution in [0, 0.1) is 0 Å². The molecule has 0 radical (unpaired) electrons. The Balaban J connectivity index is 2.65. The SMILES string of the molecule is COc1nsc(NC(C)=O)n1. The van der Waals surface area contributed by atoms with E-state index in [0.29, 0.717) is 5.13 Å². The Hall–Kier alpha value is -1.17. The standard InChI is InChI=1S/C5H7N3O2S/c1-3(9)6-5-7-4(10-2)8-11-5/h1-2H3,(H,6,7,8,9). The summed E-state index contributed by atoms with van der Waals surface area (Å²) in [4.78, 5) is 14.3. The van der Waals surface area contributed by atoms with Crippen LogP contribution in [0.1, 0.15) is 6.92 Å². The van der Waals surface area contributed by atoms with Gasteiger partial charge in [0.05, 0.1) is 7.11 Å². The van der Waals surface area contributed by atoms with Crippen molar-refractivity contribution in [1.29, 1.82) is 0 Å². The fraction of sp³-hybridized carbons (Fsp3) is 0.400. The minimum absolute atomic E-state index is 0.163. The minimum Gasteiger partial charge on any atom is -0.466 e. The van der Waals surface area contributed by atoms with Gasteiger partial charge in [0, 0.05) is 18.5 Å². The van der Waals surface area contributed by atoms with Crippen LogP contribution in [-0.2, 0) is 4.79 Å². The molecule has 1 heterocycles. The van der Waals surface area contributed by atoms with Crippen LogP contribution in [0.5, 0.6) is 6.01 Å². The zero-order valence-electron chi connectivity index (χ0n) is 6.12. The van der Waals surface area contributed by atoms with E-state index in [9.17, 15) is 4.79 Å². The second kappa shape index (κ2) is 3.29. The van der Waals surface area contributed by atoms with Crippen molar-refractivity contribution in [3.05, 3.63) is 0 Å². The maximum atomic E-state index is 10.5. The predicted molar refractivity (Wildman–Crippen MR) is 40.8 cm³/mol. The van der Waals surface area contributed by atoms with E-state index >= 15 is 0 Å². The van der Waals surface area contributed by atoms with E-state index in [1.807, 2.05) is 0 Å². The van der Waals surface area contributed by atoms with Crippen LogP contribution in [0.2, 0.25) is 0 Å². The molecule has 0 atom stereocenters. The lowest BCUT2D eigenvalue weighted by molar-refractivity contribution is -0.114. The first-order chi connectivity index (χ1) is 5.22. The fourth-order valence-electron chi connectivity index (χ4n) is 0.494. The molecule has 5 nitrogen and oxygen atoms in total. The average Bonchev–Trinajstić information content (AvgIpc) is 2.34. The normalized spacial score (nSPS) is 9.27. The highest BCUT2D eigenvalue weighted by molar-refractivity contribution is 7.10. The van der Waals surface area contributed by atoms with E-state index < -0.39 is 0 Å². The second-order valence-electron chi connectivity index (χ2n) is 1.77. The first-order valence-corrected chi connectivity index (χ1v) is 3.65. The second-order valence-corrected chi connectivity index (χ2v) is 2.52. The van der Waals surface area contributed by atoms with E-state index in [1.165, 1.54) is 14.0 Å². The topological polar surface area (TPSA) is 64.1 Å². The summed E-state index contributed by atoms with van der Waals surface area (Å²) >= 11 is 1.08. The molecular weight excluding hydrogens is 166 g/mol. The Morgan fingerprint density at radius 1 is 1.73 bits per heavy atom. The van der Waals surface area contributed by atoms with Gasteiger partial charge in [-0.15, -0.1) is 4.37 Å². The van der Waals surface area contributed by atoms with Gasteiger partial charge in [-0.05, 0) is 0 Å². The highest BCUT2D eigenvalue weighted by Crippen LogP contribution is 2.14. The molecule has 0 aromatic carbocycles. The molecule has 1 amide bonds. The summed E-state index contributed by atoms with van der Waals surface area (Å²) in [6.45, 7) is 1.41. The molecule has 0 spiro atoms. The van der Waals surface area contributed by atoms with E-state index in [-0.39, 0.29) is 11.9 Å². The Morgan fingerprint density at radius 2 is 2.45 bits per heavy atom. The van der Waals surface area contributed by atoms with Gasteiger partial charge in [-0.1, -0.05) is 0 Å². The van der Waals surface area contributed by atoms with Crippen molar-refractivity contribution >= 4 is 22.6 Å². The lowest BCUT2D eigenvalue weighted by Crippen LogP contribution is -2.04. The third-order valence-corrected chi connectivity index (χ3v) is 1.49. The van der Waals surface area contributed by atoms with Gasteiger partial charge in [0.1, 0.15) is 0 Å². The molecule has 11 heavy (non-hydrogen) atoms. The van der Waals surface area contributed by atoms with Gasteiger partial charge in [-0.25, -0.2) is 0 Å². The summed E-state index contributed by atoms with van der Waals surface area (Å²) in [5.41, 5.74) is 0. The summed E-state index contributed by atoms with van der Waals surface area (Å²) in [7, 11) is 1.47. The van der Waals surface area contributed by atoms with Crippen molar-refractivity contribution in [3.63, 3.8) is 0 Å². The van der Waals surface area contributed by atoms with Crippen LogP contribution in [-0.4, -0.2) is 22.4 Å². The number of carbonyl (C=O) groups is 1. The largest absolute Gasteiger partial charge is 0.466 e. The van der Waals surface area contributed by atoms with Crippen LogP contribution in [0.25, 0.3) is 0 Å². The number of nitrogens with zero attached hydrogens (tertiary/aromatic N) is 2. The van der Waals surface area contributed by atoms with Crippen LogP contribution >= 0.6 is 11.5 Å². The number of anilines is 1. The molecule has 0 fully saturated rings. The van der Waals surface area contributed by atoms with Crippen molar-refractivity contribution in [2.45, 2.75) is 6.92 Å². The number of amides is 1. The van der Waals surface area contributed by atoms with Gasteiger partial charge < -0.3 is 10.1 Å². The number of rotatable bonds is 2. The molecule has 0 aliphatic rings.